The van der Waals surface area contributed by atoms with E-state index >= 15 is 0 Å². The van der Waals surface area contributed by atoms with Crippen LogP contribution in [-0.4, -0.2) is 11.3 Å². The minimum Gasteiger partial charge on any atom is -0.508 e. The summed E-state index contributed by atoms with van der Waals surface area (Å²) in [7, 11) is 0. The Bertz CT molecular complexity index is 203. The molecular formula is C7H6NO. The van der Waals surface area contributed by atoms with Gasteiger partial charge in [-0.2, -0.15) is 5.41 Å². The van der Waals surface area contributed by atoms with Gasteiger partial charge in [0.2, 0.25) is 0 Å². The van der Waals surface area contributed by atoms with E-state index in [4.69, 9.17) is 10.5 Å². The van der Waals surface area contributed by atoms with Crippen LogP contribution in [0.15, 0.2) is 24.3 Å². The van der Waals surface area contributed by atoms with Gasteiger partial charge in [0.25, 0.3) is 0 Å². The largest absolute Gasteiger partial charge is 0.508 e. The first-order valence-electron chi connectivity index (χ1n) is 2.59. The van der Waals surface area contributed by atoms with E-state index in [0.717, 1.165) is 6.21 Å². The molecule has 0 aromatic heterocycles. The van der Waals surface area contributed by atoms with Crippen molar-refractivity contribution < 1.29 is 5.11 Å². The molecule has 0 unspecified atom stereocenters. The number of nitrogens with zero attached hydrogens (tertiary/aromatic N) is 1. The maximum atomic E-state index is 8.76. The zero-order valence-electron chi connectivity index (χ0n) is 4.78. The van der Waals surface area contributed by atoms with Crippen LogP contribution in [0.25, 0.3) is 0 Å². The fourth-order valence-electron chi connectivity index (χ4n) is 0.560. The van der Waals surface area contributed by atoms with Gasteiger partial charge in [0.05, 0.1) is 6.21 Å². The van der Waals surface area contributed by atoms with E-state index < -0.39 is 0 Å². The van der Waals surface area contributed by atoms with Crippen LogP contribution in [0.3, 0.4) is 0 Å². The number of benzene rings is 1. The van der Waals surface area contributed by atoms with Crippen molar-refractivity contribution in [1.82, 2.24) is 5.41 Å². The summed E-state index contributed by atoms with van der Waals surface area (Å²) in [6.07, 6.45) is 0.986. The monoisotopic (exact) mass is 120 g/mol. The van der Waals surface area contributed by atoms with Crippen molar-refractivity contribution in [2.45, 2.75) is 0 Å². The molecule has 45 valence electrons. The van der Waals surface area contributed by atoms with Crippen LogP contribution >= 0.6 is 0 Å². The smallest absolute Gasteiger partial charge is 0.115 e. The van der Waals surface area contributed by atoms with Crippen LogP contribution < -0.4 is 5.41 Å². The molecule has 0 saturated heterocycles. The fraction of sp³-hybridized carbons (Fsp3) is 0. The molecule has 1 N–H and O–H groups in total. The highest BCUT2D eigenvalue weighted by atomic mass is 16.3. The zero-order valence-corrected chi connectivity index (χ0v) is 4.78. The van der Waals surface area contributed by atoms with E-state index in [9.17, 15) is 0 Å². The number of phenolic OH excluding ortho intramolecular Hbond substituents is 1. The van der Waals surface area contributed by atoms with Crippen LogP contribution in [0.4, 0.5) is 0 Å². The maximum absolute atomic E-state index is 8.76. The SMILES string of the molecule is [N]=Cc1ccc(O)cc1. The van der Waals surface area contributed by atoms with Gasteiger partial charge in [0.1, 0.15) is 5.75 Å². The molecule has 9 heavy (non-hydrogen) atoms. The summed E-state index contributed by atoms with van der Waals surface area (Å²) in [5, 5.41) is 17.2. The first-order valence-corrected chi connectivity index (χ1v) is 2.59. The Labute approximate surface area is 53.3 Å². The van der Waals surface area contributed by atoms with E-state index in [1.165, 1.54) is 12.1 Å². The Morgan fingerprint density at radius 1 is 1.22 bits per heavy atom. The number of phenols is 1. The predicted molar refractivity (Wildman–Crippen MR) is 35.4 cm³/mol. The quantitative estimate of drug-likeness (QED) is 0.542. The second-order valence-corrected chi connectivity index (χ2v) is 1.72. The molecule has 0 saturated carbocycles. The van der Waals surface area contributed by atoms with E-state index in [1.807, 2.05) is 0 Å². The summed E-state index contributed by atoms with van der Waals surface area (Å²) in [6.45, 7) is 0. The van der Waals surface area contributed by atoms with Gasteiger partial charge in [-0.1, -0.05) is 0 Å². The van der Waals surface area contributed by atoms with E-state index in [0.29, 0.717) is 5.56 Å². The van der Waals surface area contributed by atoms with Crippen LogP contribution in [0.1, 0.15) is 5.56 Å². The molecule has 0 spiro atoms. The molecule has 0 aliphatic rings. The minimum absolute atomic E-state index is 0.209. The third-order valence-electron chi connectivity index (χ3n) is 1.04. The first-order chi connectivity index (χ1) is 4.33. The average Bonchev–Trinajstić information content (AvgIpc) is 1.90. The molecule has 0 aliphatic carbocycles. The maximum Gasteiger partial charge on any atom is 0.115 e. The predicted octanol–water partition coefficient (Wildman–Crippen LogP) is 0.611. The molecule has 0 fully saturated rings. The molecule has 1 radical (unpaired) electrons. The normalized spacial score (nSPS) is 8.89. The van der Waals surface area contributed by atoms with Gasteiger partial charge in [-0.15, -0.1) is 0 Å². The number of hydrogen-bond donors (Lipinski definition) is 1. The van der Waals surface area contributed by atoms with Gasteiger partial charge in [-0.05, 0) is 29.8 Å². The van der Waals surface area contributed by atoms with Crippen molar-refractivity contribution in [2.24, 2.45) is 0 Å². The Balaban J connectivity index is 3.01. The van der Waals surface area contributed by atoms with Crippen molar-refractivity contribution in [3.8, 4) is 5.75 Å². The Kier molecular flexibility index (Phi) is 1.49. The van der Waals surface area contributed by atoms with E-state index in [2.05, 4.69) is 0 Å². The minimum atomic E-state index is 0.209. The van der Waals surface area contributed by atoms with Crippen LogP contribution in [-0.2, 0) is 0 Å². The number of rotatable bonds is 1. The van der Waals surface area contributed by atoms with Gasteiger partial charge in [0, 0.05) is 0 Å². The molecule has 0 amide bonds. The molecule has 1 rings (SSSR count). The van der Waals surface area contributed by atoms with Crippen LogP contribution in [0, 0.1) is 0 Å². The highest BCUT2D eigenvalue weighted by Crippen LogP contribution is 2.06. The van der Waals surface area contributed by atoms with Crippen LogP contribution in [0.2, 0.25) is 0 Å². The van der Waals surface area contributed by atoms with Crippen LogP contribution in [0.5, 0.6) is 5.75 Å². The van der Waals surface area contributed by atoms with Crippen molar-refractivity contribution in [3.05, 3.63) is 29.8 Å². The van der Waals surface area contributed by atoms with E-state index in [1.54, 1.807) is 12.1 Å². The summed E-state index contributed by atoms with van der Waals surface area (Å²) in [6, 6.07) is 6.27. The van der Waals surface area contributed by atoms with Crippen molar-refractivity contribution in [3.63, 3.8) is 0 Å². The lowest BCUT2D eigenvalue weighted by Gasteiger charge is -1.89. The van der Waals surface area contributed by atoms with Crippen molar-refractivity contribution in [1.29, 1.82) is 0 Å². The molecule has 0 aliphatic heterocycles. The van der Waals surface area contributed by atoms with Crippen molar-refractivity contribution >= 4 is 6.21 Å². The van der Waals surface area contributed by atoms with Gasteiger partial charge >= 0.3 is 0 Å². The Morgan fingerprint density at radius 3 is 2.22 bits per heavy atom. The molecule has 0 atom stereocenters. The molecule has 2 nitrogen and oxygen atoms in total. The summed E-state index contributed by atoms with van der Waals surface area (Å²) in [5.41, 5.74) is 0.688. The Morgan fingerprint density at radius 2 is 1.78 bits per heavy atom. The average molecular weight is 120 g/mol. The van der Waals surface area contributed by atoms with Gasteiger partial charge in [0.15, 0.2) is 0 Å². The van der Waals surface area contributed by atoms with Gasteiger partial charge in [-0.3, -0.25) is 0 Å². The summed E-state index contributed by atoms with van der Waals surface area (Å²) >= 11 is 0. The molecule has 0 heterocycles. The molecule has 1 aromatic rings. The second kappa shape index (κ2) is 2.31. The molecule has 2 heteroatoms. The lowest BCUT2D eigenvalue weighted by atomic mass is 10.2. The third-order valence-corrected chi connectivity index (χ3v) is 1.04. The lowest BCUT2D eigenvalue weighted by molar-refractivity contribution is 0.475. The van der Waals surface area contributed by atoms with Gasteiger partial charge < -0.3 is 5.11 Å². The zero-order chi connectivity index (χ0) is 6.69. The standard InChI is InChI=1S/C7H6NO/c8-5-6-1-3-7(9)4-2-6/h1-5,9H. The molecule has 1 aromatic carbocycles. The molecular weight excluding hydrogens is 114 g/mol. The fourth-order valence-corrected chi connectivity index (χ4v) is 0.560. The third kappa shape index (κ3) is 1.29. The summed E-state index contributed by atoms with van der Waals surface area (Å²) in [5.74, 6) is 0.209. The highest BCUT2D eigenvalue weighted by Gasteiger charge is 1.85. The second-order valence-electron chi connectivity index (χ2n) is 1.72. The summed E-state index contributed by atoms with van der Waals surface area (Å²) in [4.78, 5) is 0. The van der Waals surface area contributed by atoms with Gasteiger partial charge in [-0.25, -0.2) is 0 Å². The van der Waals surface area contributed by atoms with E-state index in [-0.39, 0.29) is 5.75 Å². The summed E-state index contributed by atoms with van der Waals surface area (Å²) < 4.78 is 0. The Hall–Kier alpha value is -1.31. The first kappa shape index (κ1) is 5.82. The lowest BCUT2D eigenvalue weighted by Crippen LogP contribution is -1.77. The van der Waals surface area contributed by atoms with Crippen molar-refractivity contribution in [2.75, 3.05) is 0 Å². The topological polar surface area (TPSA) is 42.5 Å². The highest BCUT2D eigenvalue weighted by molar-refractivity contribution is 5.77. The number of aromatic hydroxyl groups is 1. The number of hydrogen-bond acceptors (Lipinski definition) is 1. The molecule has 0 bridgehead atoms.